The van der Waals surface area contributed by atoms with Crippen molar-refractivity contribution in [2.75, 3.05) is 0 Å². The number of rotatable bonds is 3. The summed E-state index contributed by atoms with van der Waals surface area (Å²) in [5.41, 5.74) is 1.01. The number of aryl methyl sites for hydroxylation is 1. The molecule has 0 radical (unpaired) electrons. The predicted octanol–water partition coefficient (Wildman–Crippen LogP) is 4.36. The lowest BCUT2D eigenvalue weighted by molar-refractivity contribution is 0.708. The van der Waals surface area contributed by atoms with Crippen molar-refractivity contribution in [1.82, 2.24) is 9.78 Å². The predicted molar refractivity (Wildman–Crippen MR) is 97.2 cm³/mol. The van der Waals surface area contributed by atoms with Crippen LogP contribution < -0.4 is 4.80 Å². The largest absolute Gasteiger partial charge is 0.250 e. The van der Waals surface area contributed by atoms with E-state index in [1.165, 1.54) is 17.4 Å². The average Bonchev–Trinajstić information content (AvgIpc) is 2.87. The van der Waals surface area contributed by atoms with Gasteiger partial charge in [-0.2, -0.15) is 10.4 Å². The standard InChI is InChI=1S/C14H13ClN4S.C3H6/c1-10(4-3-9-16)17-14-19(2)18-13(20-14)11-5-7-12(15)8-6-11;1-3-2/h3-8,10H,1-2H3;3H,1H2,2H3/b4-3+,17-14?;. The van der Waals surface area contributed by atoms with Crippen molar-refractivity contribution >= 4 is 22.9 Å². The van der Waals surface area contributed by atoms with Gasteiger partial charge in [0.05, 0.1) is 12.1 Å². The summed E-state index contributed by atoms with van der Waals surface area (Å²) in [4.78, 5) is 5.33. The molecule has 2 aromatic rings. The van der Waals surface area contributed by atoms with Crippen LogP contribution in [-0.4, -0.2) is 15.8 Å². The zero-order valence-electron chi connectivity index (χ0n) is 13.4. The topological polar surface area (TPSA) is 54.0 Å². The van der Waals surface area contributed by atoms with Crippen LogP contribution in [0.25, 0.3) is 10.6 Å². The number of aromatic nitrogens is 2. The van der Waals surface area contributed by atoms with Gasteiger partial charge in [0.2, 0.25) is 4.80 Å². The van der Waals surface area contributed by atoms with E-state index < -0.39 is 0 Å². The number of allylic oxidation sites excluding steroid dienone is 2. The first kappa shape index (κ1) is 18.9. The summed E-state index contributed by atoms with van der Waals surface area (Å²) in [5, 5.41) is 14.6. The third-order valence-electron chi connectivity index (χ3n) is 2.56. The number of nitriles is 1. The maximum absolute atomic E-state index is 8.51. The van der Waals surface area contributed by atoms with Crippen molar-refractivity contribution in [3.8, 4) is 16.6 Å². The highest BCUT2D eigenvalue weighted by molar-refractivity contribution is 7.12. The summed E-state index contributed by atoms with van der Waals surface area (Å²) in [6.45, 7) is 7.18. The first-order valence-corrected chi connectivity index (χ1v) is 8.18. The summed E-state index contributed by atoms with van der Waals surface area (Å²) >= 11 is 7.38. The number of benzene rings is 1. The van der Waals surface area contributed by atoms with Crippen LogP contribution in [0.4, 0.5) is 0 Å². The molecular weight excluding hydrogens is 328 g/mol. The molecule has 1 heterocycles. The van der Waals surface area contributed by atoms with Crippen LogP contribution in [0.2, 0.25) is 5.02 Å². The van der Waals surface area contributed by atoms with Gasteiger partial charge in [-0.15, -0.1) is 6.58 Å². The van der Waals surface area contributed by atoms with Crippen molar-refractivity contribution in [3.63, 3.8) is 0 Å². The molecule has 0 bridgehead atoms. The first-order chi connectivity index (χ1) is 11.0. The van der Waals surface area contributed by atoms with Gasteiger partial charge in [0, 0.05) is 23.7 Å². The van der Waals surface area contributed by atoms with Crippen LogP contribution in [-0.2, 0) is 7.05 Å². The quantitative estimate of drug-likeness (QED) is 0.612. The molecule has 2 rings (SSSR count). The highest BCUT2D eigenvalue weighted by atomic mass is 35.5. The van der Waals surface area contributed by atoms with E-state index in [0.717, 1.165) is 15.4 Å². The van der Waals surface area contributed by atoms with E-state index in [-0.39, 0.29) is 6.04 Å². The van der Waals surface area contributed by atoms with Crippen LogP contribution in [0.1, 0.15) is 13.8 Å². The minimum Gasteiger partial charge on any atom is -0.250 e. The molecule has 0 aliphatic carbocycles. The summed E-state index contributed by atoms with van der Waals surface area (Å²) in [5.74, 6) is 0. The van der Waals surface area contributed by atoms with E-state index >= 15 is 0 Å². The smallest absolute Gasteiger partial charge is 0.203 e. The average molecular weight is 347 g/mol. The molecular formula is C17H19ClN4S. The van der Waals surface area contributed by atoms with E-state index in [9.17, 15) is 0 Å². The Kier molecular flexibility index (Phi) is 8.03. The summed E-state index contributed by atoms with van der Waals surface area (Å²) < 4.78 is 1.74. The van der Waals surface area contributed by atoms with Gasteiger partial charge in [0.25, 0.3) is 0 Å². The monoisotopic (exact) mass is 346 g/mol. The van der Waals surface area contributed by atoms with E-state index in [2.05, 4.69) is 16.7 Å². The Morgan fingerprint density at radius 1 is 1.43 bits per heavy atom. The molecule has 0 amide bonds. The van der Waals surface area contributed by atoms with Crippen molar-refractivity contribution in [3.05, 3.63) is 58.9 Å². The van der Waals surface area contributed by atoms with Crippen molar-refractivity contribution in [1.29, 1.82) is 5.26 Å². The van der Waals surface area contributed by atoms with Crippen molar-refractivity contribution in [2.45, 2.75) is 19.9 Å². The minimum atomic E-state index is -0.0561. The maximum atomic E-state index is 8.51. The van der Waals surface area contributed by atoms with Gasteiger partial charge >= 0.3 is 0 Å². The fourth-order valence-corrected chi connectivity index (χ4v) is 2.68. The highest BCUT2D eigenvalue weighted by Gasteiger charge is 2.05. The molecule has 0 aliphatic heterocycles. The summed E-state index contributed by atoms with van der Waals surface area (Å²) in [6, 6.07) is 9.46. The second-order valence-corrected chi connectivity index (χ2v) is 5.98. The molecule has 0 fully saturated rings. The Bertz CT molecular complexity index is 763. The number of hydrogen-bond donors (Lipinski definition) is 0. The molecule has 0 N–H and O–H groups in total. The van der Waals surface area contributed by atoms with E-state index in [1.807, 2.05) is 51.2 Å². The zero-order chi connectivity index (χ0) is 17.2. The second kappa shape index (κ2) is 9.78. The number of halogens is 1. The van der Waals surface area contributed by atoms with E-state index in [1.54, 1.807) is 16.8 Å². The Morgan fingerprint density at radius 3 is 2.61 bits per heavy atom. The van der Waals surface area contributed by atoms with Crippen LogP contribution in [0, 0.1) is 11.3 Å². The van der Waals surface area contributed by atoms with Gasteiger partial charge in [0.1, 0.15) is 5.01 Å². The molecule has 0 aliphatic rings. The molecule has 6 heteroatoms. The van der Waals surface area contributed by atoms with E-state index in [0.29, 0.717) is 5.02 Å². The molecule has 0 saturated heterocycles. The normalized spacial score (nSPS) is 12.4. The van der Waals surface area contributed by atoms with Gasteiger partial charge in [-0.1, -0.05) is 41.1 Å². The molecule has 0 spiro atoms. The zero-order valence-corrected chi connectivity index (χ0v) is 15.0. The van der Waals surface area contributed by atoms with Gasteiger partial charge in [-0.25, -0.2) is 4.68 Å². The SMILES string of the molecule is C=CC.CC(/C=C/C#N)N=c1sc(-c2ccc(Cl)cc2)nn1C. The summed E-state index contributed by atoms with van der Waals surface area (Å²) in [7, 11) is 1.86. The molecule has 1 unspecified atom stereocenters. The molecule has 4 nitrogen and oxygen atoms in total. The number of nitrogens with zero attached hydrogens (tertiary/aromatic N) is 4. The first-order valence-electron chi connectivity index (χ1n) is 6.99. The van der Waals surface area contributed by atoms with Crippen LogP contribution in [0.15, 0.2) is 54.1 Å². The molecule has 1 atom stereocenters. The lowest BCUT2D eigenvalue weighted by Crippen LogP contribution is -2.14. The minimum absolute atomic E-state index is 0.0561. The maximum Gasteiger partial charge on any atom is 0.203 e. The van der Waals surface area contributed by atoms with Crippen LogP contribution >= 0.6 is 22.9 Å². The Balaban J connectivity index is 0.000000816. The summed E-state index contributed by atoms with van der Waals surface area (Å²) in [6.07, 6.45) is 4.94. The van der Waals surface area contributed by atoms with Crippen LogP contribution in [0.5, 0.6) is 0 Å². The van der Waals surface area contributed by atoms with Gasteiger partial charge in [0.15, 0.2) is 0 Å². The van der Waals surface area contributed by atoms with Crippen molar-refractivity contribution in [2.24, 2.45) is 12.0 Å². The third-order valence-corrected chi connectivity index (χ3v) is 3.88. The fourth-order valence-electron chi connectivity index (χ4n) is 1.57. The molecule has 1 aromatic heterocycles. The van der Waals surface area contributed by atoms with Gasteiger partial charge < -0.3 is 0 Å². The second-order valence-electron chi connectivity index (χ2n) is 4.59. The Morgan fingerprint density at radius 2 is 2.04 bits per heavy atom. The highest BCUT2D eigenvalue weighted by Crippen LogP contribution is 2.21. The Hall–Kier alpha value is -2.16. The lowest BCUT2D eigenvalue weighted by Gasteiger charge is -1.94. The molecule has 0 saturated carbocycles. The van der Waals surface area contributed by atoms with E-state index in [4.69, 9.17) is 16.9 Å². The molecule has 23 heavy (non-hydrogen) atoms. The lowest BCUT2D eigenvalue weighted by atomic mass is 10.2. The number of hydrogen-bond acceptors (Lipinski definition) is 4. The van der Waals surface area contributed by atoms with Crippen molar-refractivity contribution < 1.29 is 0 Å². The van der Waals surface area contributed by atoms with Gasteiger partial charge in [-0.3, -0.25) is 4.99 Å². The van der Waals surface area contributed by atoms with Gasteiger partial charge in [-0.05, 0) is 32.1 Å². The third kappa shape index (κ3) is 6.23. The molecule has 1 aromatic carbocycles. The fraction of sp³-hybridized carbons (Fsp3) is 0.235. The van der Waals surface area contributed by atoms with Crippen LogP contribution in [0.3, 0.4) is 0 Å². The molecule has 120 valence electrons. The Labute approximate surface area is 145 Å².